The molecule has 1 amide bonds. The van der Waals surface area contributed by atoms with Crippen molar-refractivity contribution in [2.45, 2.75) is 12.8 Å². The highest BCUT2D eigenvalue weighted by Crippen LogP contribution is 2.19. The first-order valence-electron chi connectivity index (χ1n) is 6.27. The molecule has 1 aliphatic rings. The number of amides is 1. The normalized spacial score (nSPS) is 20.8. The van der Waals surface area contributed by atoms with E-state index in [4.69, 9.17) is 0 Å². The van der Waals surface area contributed by atoms with E-state index in [9.17, 15) is 17.6 Å². The topological polar surface area (TPSA) is 63.2 Å². The van der Waals surface area contributed by atoms with Gasteiger partial charge < -0.3 is 5.32 Å². The SMILES string of the molecule is O=C(Cc1cccc(Br)c1F)NCC1CCS(=O)(=O)C1. The van der Waals surface area contributed by atoms with Gasteiger partial charge in [-0.3, -0.25) is 4.79 Å². The molecule has 1 aromatic carbocycles. The molecule has 1 atom stereocenters. The van der Waals surface area contributed by atoms with Crippen LogP contribution in [-0.4, -0.2) is 32.4 Å². The summed E-state index contributed by atoms with van der Waals surface area (Å²) in [4.78, 5) is 11.8. The van der Waals surface area contributed by atoms with Gasteiger partial charge in [-0.05, 0) is 39.9 Å². The lowest BCUT2D eigenvalue weighted by molar-refractivity contribution is -0.120. The maximum atomic E-state index is 13.7. The molecule has 1 fully saturated rings. The summed E-state index contributed by atoms with van der Waals surface area (Å²) in [6, 6.07) is 4.79. The number of sulfone groups is 1. The summed E-state index contributed by atoms with van der Waals surface area (Å²) in [5.41, 5.74) is 0.316. The molecule has 20 heavy (non-hydrogen) atoms. The number of carbonyl (C=O) groups excluding carboxylic acids is 1. The number of nitrogens with one attached hydrogen (secondary N) is 1. The summed E-state index contributed by atoms with van der Waals surface area (Å²) in [5.74, 6) is -0.458. The molecule has 1 saturated heterocycles. The largest absolute Gasteiger partial charge is 0.356 e. The van der Waals surface area contributed by atoms with E-state index >= 15 is 0 Å². The molecule has 1 aliphatic heterocycles. The molecule has 110 valence electrons. The van der Waals surface area contributed by atoms with Gasteiger partial charge in [0.25, 0.3) is 0 Å². The van der Waals surface area contributed by atoms with Crippen molar-refractivity contribution in [1.29, 1.82) is 0 Å². The number of hydrogen-bond acceptors (Lipinski definition) is 3. The fourth-order valence-electron chi connectivity index (χ4n) is 2.21. The number of hydrogen-bond donors (Lipinski definition) is 1. The van der Waals surface area contributed by atoms with Crippen molar-refractivity contribution in [3.8, 4) is 0 Å². The molecule has 1 heterocycles. The zero-order chi connectivity index (χ0) is 14.8. The third kappa shape index (κ3) is 4.02. The van der Waals surface area contributed by atoms with Crippen molar-refractivity contribution in [3.63, 3.8) is 0 Å². The minimum Gasteiger partial charge on any atom is -0.356 e. The van der Waals surface area contributed by atoms with E-state index in [1.54, 1.807) is 18.2 Å². The summed E-state index contributed by atoms with van der Waals surface area (Å²) in [5, 5.41) is 2.67. The van der Waals surface area contributed by atoms with E-state index in [0.717, 1.165) is 0 Å². The third-order valence-corrected chi connectivity index (χ3v) is 5.75. The van der Waals surface area contributed by atoms with E-state index in [-0.39, 0.29) is 29.8 Å². The fourth-order valence-corrected chi connectivity index (χ4v) is 4.48. The second-order valence-electron chi connectivity index (χ2n) is 4.96. The zero-order valence-electron chi connectivity index (χ0n) is 10.7. The monoisotopic (exact) mass is 363 g/mol. The third-order valence-electron chi connectivity index (χ3n) is 3.30. The smallest absolute Gasteiger partial charge is 0.224 e. The van der Waals surface area contributed by atoms with E-state index in [1.807, 2.05) is 0 Å². The lowest BCUT2D eigenvalue weighted by atomic mass is 10.1. The van der Waals surface area contributed by atoms with Crippen LogP contribution < -0.4 is 5.32 Å². The van der Waals surface area contributed by atoms with Gasteiger partial charge in [0.15, 0.2) is 9.84 Å². The molecular weight excluding hydrogens is 349 g/mol. The van der Waals surface area contributed by atoms with Crippen LogP contribution in [0.3, 0.4) is 0 Å². The van der Waals surface area contributed by atoms with Gasteiger partial charge in [-0.25, -0.2) is 12.8 Å². The molecule has 7 heteroatoms. The predicted octanol–water partition coefficient (Wildman–Crippen LogP) is 1.68. The first-order valence-corrected chi connectivity index (χ1v) is 8.89. The predicted molar refractivity (Wildman–Crippen MR) is 77.6 cm³/mol. The van der Waals surface area contributed by atoms with Crippen LogP contribution in [0.2, 0.25) is 0 Å². The molecule has 4 nitrogen and oxygen atoms in total. The second kappa shape index (κ2) is 6.22. The number of rotatable bonds is 4. The highest BCUT2D eigenvalue weighted by Gasteiger charge is 2.27. The summed E-state index contributed by atoms with van der Waals surface area (Å²) < 4.78 is 36.6. The Kier molecular flexibility index (Phi) is 4.80. The molecule has 0 saturated carbocycles. The van der Waals surface area contributed by atoms with Crippen molar-refractivity contribution in [2.75, 3.05) is 18.1 Å². The van der Waals surface area contributed by atoms with Crippen LogP contribution in [-0.2, 0) is 21.1 Å². The van der Waals surface area contributed by atoms with Gasteiger partial charge >= 0.3 is 0 Å². The summed E-state index contributed by atoms with van der Waals surface area (Å²) in [6.07, 6.45) is 0.526. The van der Waals surface area contributed by atoms with Crippen LogP contribution in [0.1, 0.15) is 12.0 Å². The van der Waals surface area contributed by atoms with Crippen LogP contribution in [0, 0.1) is 11.7 Å². The number of benzene rings is 1. The minimum atomic E-state index is -2.93. The van der Waals surface area contributed by atoms with Crippen molar-refractivity contribution < 1.29 is 17.6 Å². The molecule has 1 unspecified atom stereocenters. The highest BCUT2D eigenvalue weighted by molar-refractivity contribution is 9.10. The van der Waals surface area contributed by atoms with Gasteiger partial charge in [0.05, 0.1) is 22.4 Å². The Morgan fingerprint density at radius 2 is 2.20 bits per heavy atom. The Morgan fingerprint density at radius 1 is 1.45 bits per heavy atom. The molecule has 0 radical (unpaired) electrons. The standard InChI is InChI=1S/C13H15BrFNO3S/c14-11-3-1-2-10(13(11)15)6-12(17)16-7-9-4-5-20(18,19)8-9/h1-3,9H,4-8H2,(H,16,17). The highest BCUT2D eigenvalue weighted by atomic mass is 79.9. The van der Waals surface area contributed by atoms with Crippen molar-refractivity contribution >= 4 is 31.7 Å². The summed E-state index contributed by atoms with van der Waals surface area (Å²) in [7, 11) is -2.93. The van der Waals surface area contributed by atoms with Gasteiger partial charge in [0, 0.05) is 6.54 Å². The van der Waals surface area contributed by atoms with Gasteiger partial charge in [-0.1, -0.05) is 12.1 Å². The minimum absolute atomic E-state index is 0.0312. The van der Waals surface area contributed by atoms with E-state index in [1.165, 1.54) is 0 Å². The van der Waals surface area contributed by atoms with Crippen LogP contribution in [0.5, 0.6) is 0 Å². The van der Waals surface area contributed by atoms with Gasteiger partial charge in [-0.15, -0.1) is 0 Å². The van der Waals surface area contributed by atoms with E-state index in [2.05, 4.69) is 21.2 Å². The second-order valence-corrected chi connectivity index (χ2v) is 8.05. The first kappa shape index (κ1) is 15.4. The van der Waals surface area contributed by atoms with Crippen LogP contribution >= 0.6 is 15.9 Å². The molecule has 1 N–H and O–H groups in total. The Bertz CT molecular complexity index is 618. The Labute approximate surface area is 125 Å². The van der Waals surface area contributed by atoms with Crippen molar-refractivity contribution in [2.24, 2.45) is 5.92 Å². The van der Waals surface area contributed by atoms with Gasteiger partial charge in [0.2, 0.25) is 5.91 Å². The lowest BCUT2D eigenvalue weighted by Gasteiger charge is -2.10. The van der Waals surface area contributed by atoms with E-state index in [0.29, 0.717) is 23.0 Å². The molecular formula is C13H15BrFNO3S. The Balaban J connectivity index is 1.86. The first-order chi connectivity index (χ1) is 9.37. The van der Waals surface area contributed by atoms with Crippen molar-refractivity contribution in [3.05, 3.63) is 34.1 Å². The Morgan fingerprint density at radius 3 is 2.85 bits per heavy atom. The number of carbonyl (C=O) groups is 1. The molecule has 0 aromatic heterocycles. The fraction of sp³-hybridized carbons (Fsp3) is 0.462. The summed E-state index contributed by atoms with van der Waals surface area (Å²) in [6.45, 7) is 0.327. The molecule has 1 aromatic rings. The van der Waals surface area contributed by atoms with Crippen LogP contribution in [0.4, 0.5) is 4.39 Å². The van der Waals surface area contributed by atoms with E-state index < -0.39 is 15.7 Å². The molecule has 0 bridgehead atoms. The summed E-state index contributed by atoms with van der Waals surface area (Å²) >= 11 is 3.07. The number of halogens is 2. The zero-order valence-corrected chi connectivity index (χ0v) is 13.1. The Hall–Kier alpha value is -0.950. The molecule has 0 spiro atoms. The molecule has 2 rings (SSSR count). The van der Waals surface area contributed by atoms with Gasteiger partial charge in [0.1, 0.15) is 5.82 Å². The quantitative estimate of drug-likeness (QED) is 0.884. The van der Waals surface area contributed by atoms with Crippen LogP contribution in [0.15, 0.2) is 22.7 Å². The lowest BCUT2D eigenvalue weighted by Crippen LogP contribution is -2.31. The van der Waals surface area contributed by atoms with Crippen molar-refractivity contribution in [1.82, 2.24) is 5.32 Å². The average Bonchev–Trinajstić information content (AvgIpc) is 2.72. The molecule has 0 aliphatic carbocycles. The maximum Gasteiger partial charge on any atom is 0.224 e. The maximum absolute atomic E-state index is 13.7. The van der Waals surface area contributed by atoms with Crippen LogP contribution in [0.25, 0.3) is 0 Å². The average molecular weight is 364 g/mol. The van der Waals surface area contributed by atoms with Gasteiger partial charge in [-0.2, -0.15) is 0 Å².